The molecule has 0 amide bonds. The molecule has 1 atom stereocenters. The van der Waals surface area contributed by atoms with E-state index in [1.165, 1.54) is 0 Å². The molecule has 0 spiro atoms. The summed E-state index contributed by atoms with van der Waals surface area (Å²) in [6.07, 6.45) is 0.176. The molecule has 0 heterocycles. The van der Waals surface area contributed by atoms with Crippen LogP contribution in [0.5, 0.6) is 0 Å². The maximum Gasteiger partial charge on any atom is 0.344 e. The van der Waals surface area contributed by atoms with E-state index in [0.717, 1.165) is 32.0 Å². The van der Waals surface area contributed by atoms with Crippen LogP contribution in [0.3, 0.4) is 0 Å². The number of ether oxygens (including phenoxy) is 2. The molecular weight excluding hydrogens is 384 g/mol. The minimum atomic E-state index is -0.614. The Morgan fingerprint density at radius 3 is 2.45 bits per heavy atom. The summed E-state index contributed by atoms with van der Waals surface area (Å²) >= 11 is 4.70. The minimum absolute atomic E-state index is 0.383. The second kappa shape index (κ2) is 8.46. The predicted molar refractivity (Wildman–Crippen MR) is 118 cm³/mol. The van der Waals surface area contributed by atoms with E-state index in [1.807, 2.05) is 37.3 Å². The topological polar surface area (TPSA) is 52.6 Å². The van der Waals surface area contributed by atoms with Crippen LogP contribution in [0.25, 0.3) is 21.5 Å². The highest BCUT2D eigenvalue weighted by Gasteiger charge is 2.28. The van der Waals surface area contributed by atoms with Gasteiger partial charge in [-0.25, -0.2) is 4.79 Å². The number of esters is 2. The number of thiol groups is 1. The lowest BCUT2D eigenvalue weighted by atomic mass is 9.91. The molecule has 0 bridgehead atoms. The van der Waals surface area contributed by atoms with Gasteiger partial charge >= 0.3 is 11.9 Å². The van der Waals surface area contributed by atoms with E-state index >= 15 is 0 Å². The Kier molecular flexibility index (Phi) is 6.18. The Hall–Kier alpha value is -2.53. The van der Waals surface area contributed by atoms with Crippen LogP contribution in [-0.4, -0.2) is 18.5 Å². The fraction of sp³-hybridized carbons (Fsp3) is 0.333. The van der Waals surface area contributed by atoms with Crippen LogP contribution >= 0.6 is 12.6 Å². The zero-order chi connectivity index (χ0) is 21.2. The summed E-state index contributed by atoms with van der Waals surface area (Å²) in [5, 5.41) is 4.29. The summed E-state index contributed by atoms with van der Waals surface area (Å²) in [4.78, 5) is 25.1. The first-order valence-corrected chi connectivity index (χ1v) is 10.2. The average molecular weight is 411 g/mol. The van der Waals surface area contributed by atoms with Crippen LogP contribution in [-0.2, 0) is 19.1 Å². The first-order valence-electron chi connectivity index (χ1n) is 9.74. The quantitative estimate of drug-likeness (QED) is 0.314. The molecular formula is C24H26O4S. The van der Waals surface area contributed by atoms with Crippen molar-refractivity contribution in [3.8, 4) is 0 Å². The number of hydrogen-bond donors (Lipinski definition) is 1. The van der Waals surface area contributed by atoms with Gasteiger partial charge in [-0.1, -0.05) is 43.3 Å². The largest absolute Gasteiger partial charge is 0.455 e. The number of rotatable bonds is 6. The van der Waals surface area contributed by atoms with Crippen molar-refractivity contribution in [3.05, 3.63) is 54.1 Å². The standard InChI is InChI=1S/C24H26O4S/c1-5-24(3,4)23(26)27-14-21(25)28-15(2)16-10-11-20-18(12-16)13-17-8-6-7-9-19(17)22(20)29/h6-13,15,29H,5,14H2,1-4H3. The molecule has 0 radical (unpaired) electrons. The number of hydrogen-bond acceptors (Lipinski definition) is 5. The van der Waals surface area contributed by atoms with Crippen molar-refractivity contribution in [2.75, 3.05) is 6.61 Å². The zero-order valence-corrected chi connectivity index (χ0v) is 18.1. The van der Waals surface area contributed by atoms with E-state index in [0.29, 0.717) is 6.42 Å². The Bertz CT molecular complexity index is 1070. The van der Waals surface area contributed by atoms with Crippen LogP contribution in [0.2, 0.25) is 0 Å². The molecule has 0 aliphatic carbocycles. The molecule has 0 N–H and O–H groups in total. The van der Waals surface area contributed by atoms with E-state index in [9.17, 15) is 9.59 Å². The molecule has 0 aliphatic heterocycles. The SMILES string of the molecule is CCC(C)(C)C(=O)OCC(=O)OC(C)c1ccc2c(S)c3ccccc3cc2c1. The van der Waals surface area contributed by atoms with Crippen molar-refractivity contribution in [2.45, 2.75) is 45.1 Å². The second-order valence-electron chi connectivity index (χ2n) is 7.87. The van der Waals surface area contributed by atoms with E-state index in [4.69, 9.17) is 22.1 Å². The molecule has 0 saturated heterocycles. The van der Waals surface area contributed by atoms with Gasteiger partial charge in [-0.05, 0) is 66.4 Å². The number of fused-ring (bicyclic) bond motifs is 2. The van der Waals surface area contributed by atoms with Gasteiger partial charge in [0.15, 0.2) is 6.61 Å². The average Bonchev–Trinajstić information content (AvgIpc) is 2.71. The molecule has 0 saturated carbocycles. The van der Waals surface area contributed by atoms with E-state index in [1.54, 1.807) is 20.8 Å². The van der Waals surface area contributed by atoms with Gasteiger partial charge in [0, 0.05) is 4.90 Å². The monoisotopic (exact) mass is 410 g/mol. The molecule has 29 heavy (non-hydrogen) atoms. The maximum atomic E-state index is 12.1. The Balaban J connectivity index is 1.74. The summed E-state index contributed by atoms with van der Waals surface area (Å²) in [7, 11) is 0. The fourth-order valence-corrected chi connectivity index (χ4v) is 3.49. The van der Waals surface area contributed by atoms with Gasteiger partial charge in [-0.2, -0.15) is 0 Å². The van der Waals surface area contributed by atoms with Crippen molar-refractivity contribution in [3.63, 3.8) is 0 Å². The van der Waals surface area contributed by atoms with Crippen LogP contribution in [0.15, 0.2) is 53.4 Å². The summed E-state index contributed by atoms with van der Waals surface area (Å²) in [6.45, 7) is 6.90. The van der Waals surface area contributed by atoms with Gasteiger partial charge in [0.1, 0.15) is 6.10 Å². The minimum Gasteiger partial charge on any atom is -0.455 e. The lowest BCUT2D eigenvalue weighted by molar-refractivity contribution is -0.167. The van der Waals surface area contributed by atoms with Gasteiger partial charge in [-0.15, -0.1) is 12.6 Å². The third kappa shape index (κ3) is 4.56. The van der Waals surface area contributed by atoms with Crippen molar-refractivity contribution in [1.82, 2.24) is 0 Å². The predicted octanol–water partition coefficient (Wildman–Crippen LogP) is 5.87. The van der Waals surface area contributed by atoms with Crippen LogP contribution in [0.1, 0.15) is 45.8 Å². The van der Waals surface area contributed by atoms with E-state index in [-0.39, 0.29) is 6.61 Å². The maximum absolute atomic E-state index is 12.1. The first kappa shape index (κ1) is 21.2. The Labute approximate surface area is 176 Å². The van der Waals surface area contributed by atoms with E-state index in [2.05, 4.69) is 18.2 Å². The van der Waals surface area contributed by atoms with Crippen LogP contribution in [0, 0.1) is 5.41 Å². The zero-order valence-electron chi connectivity index (χ0n) is 17.2. The van der Waals surface area contributed by atoms with Crippen LogP contribution < -0.4 is 0 Å². The highest BCUT2D eigenvalue weighted by molar-refractivity contribution is 7.80. The molecule has 0 fully saturated rings. The smallest absolute Gasteiger partial charge is 0.344 e. The van der Waals surface area contributed by atoms with Gasteiger partial charge < -0.3 is 9.47 Å². The number of benzene rings is 3. The molecule has 4 nitrogen and oxygen atoms in total. The lowest BCUT2D eigenvalue weighted by Crippen LogP contribution is -2.28. The lowest BCUT2D eigenvalue weighted by Gasteiger charge is -2.20. The summed E-state index contributed by atoms with van der Waals surface area (Å²) in [5.41, 5.74) is 0.256. The van der Waals surface area contributed by atoms with Gasteiger partial charge in [0.25, 0.3) is 0 Å². The molecule has 3 aromatic carbocycles. The molecule has 1 unspecified atom stereocenters. The van der Waals surface area contributed by atoms with Crippen molar-refractivity contribution >= 4 is 46.1 Å². The van der Waals surface area contributed by atoms with Gasteiger partial charge in [0.05, 0.1) is 5.41 Å². The summed E-state index contributed by atoms with van der Waals surface area (Å²) in [5.74, 6) is -0.963. The van der Waals surface area contributed by atoms with E-state index < -0.39 is 23.5 Å². The highest BCUT2D eigenvalue weighted by atomic mass is 32.1. The summed E-state index contributed by atoms with van der Waals surface area (Å²) < 4.78 is 10.6. The van der Waals surface area contributed by atoms with Crippen molar-refractivity contribution < 1.29 is 19.1 Å². The second-order valence-corrected chi connectivity index (χ2v) is 8.32. The fourth-order valence-electron chi connectivity index (χ4n) is 3.08. The number of carbonyl (C=O) groups is 2. The molecule has 3 rings (SSSR count). The highest BCUT2D eigenvalue weighted by Crippen LogP contribution is 2.33. The molecule has 0 aliphatic rings. The van der Waals surface area contributed by atoms with Gasteiger partial charge in [-0.3, -0.25) is 4.79 Å². The molecule has 3 aromatic rings. The Morgan fingerprint density at radius 1 is 1.03 bits per heavy atom. The third-order valence-electron chi connectivity index (χ3n) is 5.39. The normalized spacial score (nSPS) is 12.7. The molecule has 5 heteroatoms. The molecule has 0 aromatic heterocycles. The van der Waals surface area contributed by atoms with Gasteiger partial charge in [0.2, 0.25) is 0 Å². The van der Waals surface area contributed by atoms with Crippen molar-refractivity contribution in [2.24, 2.45) is 5.41 Å². The van der Waals surface area contributed by atoms with Crippen molar-refractivity contribution in [1.29, 1.82) is 0 Å². The first-order chi connectivity index (χ1) is 13.7. The third-order valence-corrected chi connectivity index (χ3v) is 5.87. The molecule has 152 valence electrons. The summed E-state index contributed by atoms with van der Waals surface area (Å²) in [6, 6.07) is 16.1. The number of carbonyl (C=O) groups excluding carboxylic acids is 2. The van der Waals surface area contributed by atoms with Crippen LogP contribution in [0.4, 0.5) is 0 Å². The Morgan fingerprint density at radius 2 is 1.72 bits per heavy atom.